The number of piperidine rings is 1. The molecule has 2 aromatic rings. The van der Waals surface area contributed by atoms with Gasteiger partial charge >= 0.3 is 0 Å². The van der Waals surface area contributed by atoms with E-state index in [1.54, 1.807) is 7.11 Å². The maximum atomic E-state index is 12.4. The van der Waals surface area contributed by atoms with Crippen LogP contribution in [0.4, 0.5) is 0 Å². The van der Waals surface area contributed by atoms with Gasteiger partial charge in [0.05, 0.1) is 19.3 Å². The molecule has 0 aliphatic carbocycles. The van der Waals surface area contributed by atoms with Crippen LogP contribution in [0.3, 0.4) is 0 Å². The first kappa shape index (κ1) is 19.5. The molecule has 0 aromatic heterocycles. The van der Waals surface area contributed by atoms with Crippen LogP contribution in [-0.2, 0) is 16.9 Å². The second kappa shape index (κ2) is 8.31. The van der Waals surface area contributed by atoms with Crippen molar-refractivity contribution in [3.05, 3.63) is 53.6 Å². The number of fused-ring (bicyclic) bond motifs is 1. The average Bonchev–Trinajstić information content (AvgIpc) is 3.22. The topological polar surface area (TPSA) is 80.3 Å². The Bertz CT molecular complexity index is 877. The van der Waals surface area contributed by atoms with E-state index >= 15 is 0 Å². The molecule has 0 spiro atoms. The van der Waals surface area contributed by atoms with Crippen molar-refractivity contribution >= 4 is 5.91 Å². The van der Waals surface area contributed by atoms with Crippen LogP contribution in [0.2, 0.25) is 0 Å². The number of para-hydroxylation sites is 1. The minimum atomic E-state index is -0.911. The molecule has 2 aliphatic rings. The van der Waals surface area contributed by atoms with Crippen molar-refractivity contribution in [2.45, 2.75) is 25.0 Å². The minimum Gasteiger partial charge on any atom is -0.496 e. The lowest BCUT2D eigenvalue weighted by atomic mass is 9.84. The fourth-order valence-corrected chi connectivity index (χ4v) is 3.86. The summed E-state index contributed by atoms with van der Waals surface area (Å²) in [6.45, 7) is 2.25. The first-order valence-electron chi connectivity index (χ1n) is 9.81. The number of methoxy groups -OCH3 is 1. The summed E-state index contributed by atoms with van der Waals surface area (Å²) in [4.78, 5) is 14.4. The van der Waals surface area contributed by atoms with Crippen LogP contribution >= 0.6 is 0 Å². The molecule has 4 rings (SSSR count). The Hall–Kier alpha value is -2.77. The van der Waals surface area contributed by atoms with E-state index in [2.05, 4.69) is 10.2 Å². The fraction of sp³-hybridized carbons (Fsp3) is 0.409. The number of amides is 1. The maximum Gasteiger partial charge on any atom is 0.234 e. The van der Waals surface area contributed by atoms with Gasteiger partial charge in [0.2, 0.25) is 12.7 Å². The zero-order chi connectivity index (χ0) is 20.3. The number of carbonyl (C=O) groups excluding carboxylic acids is 1. The van der Waals surface area contributed by atoms with Crippen molar-refractivity contribution in [3.63, 3.8) is 0 Å². The summed E-state index contributed by atoms with van der Waals surface area (Å²) in [6.07, 6.45) is 1.12. The number of hydrogen-bond donors (Lipinski definition) is 2. The lowest BCUT2D eigenvalue weighted by molar-refractivity contribution is -0.123. The van der Waals surface area contributed by atoms with Gasteiger partial charge in [0, 0.05) is 25.2 Å². The predicted octanol–water partition coefficient (Wildman–Crippen LogP) is 2.02. The smallest absolute Gasteiger partial charge is 0.234 e. The average molecular weight is 398 g/mol. The number of ether oxygens (including phenoxy) is 3. The normalized spacial score (nSPS) is 17.7. The number of nitrogens with zero attached hydrogens (tertiary/aromatic N) is 1. The zero-order valence-corrected chi connectivity index (χ0v) is 16.5. The fourth-order valence-electron chi connectivity index (χ4n) is 3.86. The lowest BCUT2D eigenvalue weighted by Crippen LogP contribution is -2.46. The van der Waals surface area contributed by atoms with E-state index in [1.807, 2.05) is 42.5 Å². The molecular formula is C22H26N2O5. The van der Waals surface area contributed by atoms with Gasteiger partial charge < -0.3 is 24.6 Å². The third-order valence-corrected chi connectivity index (χ3v) is 5.63. The van der Waals surface area contributed by atoms with E-state index < -0.39 is 5.60 Å². The Morgan fingerprint density at radius 3 is 2.72 bits per heavy atom. The first-order chi connectivity index (χ1) is 14.1. The van der Waals surface area contributed by atoms with Crippen molar-refractivity contribution in [2.24, 2.45) is 0 Å². The molecule has 0 saturated carbocycles. The zero-order valence-electron chi connectivity index (χ0n) is 16.5. The predicted molar refractivity (Wildman–Crippen MR) is 107 cm³/mol. The highest BCUT2D eigenvalue weighted by molar-refractivity contribution is 5.78. The monoisotopic (exact) mass is 398 g/mol. The summed E-state index contributed by atoms with van der Waals surface area (Å²) in [5.74, 6) is 2.11. The van der Waals surface area contributed by atoms with Gasteiger partial charge in [-0.15, -0.1) is 0 Å². The number of nitrogens with one attached hydrogen (secondary N) is 1. The van der Waals surface area contributed by atoms with E-state index in [0.29, 0.717) is 50.5 Å². The highest BCUT2D eigenvalue weighted by atomic mass is 16.7. The molecule has 1 fully saturated rings. The molecule has 1 amide bonds. The molecule has 154 valence electrons. The summed E-state index contributed by atoms with van der Waals surface area (Å²) in [5.41, 5.74) is 0.868. The Kier molecular flexibility index (Phi) is 5.60. The maximum absolute atomic E-state index is 12.4. The molecule has 2 aromatic carbocycles. The van der Waals surface area contributed by atoms with Gasteiger partial charge in [-0.1, -0.05) is 24.3 Å². The molecule has 29 heavy (non-hydrogen) atoms. The standard InChI is InChI=1S/C22H26N2O5/c1-27-18-5-3-2-4-16(18)13-23-21(25)14-24-10-8-22(26,9-11-24)17-6-7-19-20(12-17)29-15-28-19/h2-7,12,26H,8-11,13-15H2,1H3,(H,23,25). The first-order valence-corrected chi connectivity index (χ1v) is 9.81. The molecule has 0 radical (unpaired) electrons. The van der Waals surface area contributed by atoms with Gasteiger partial charge in [-0.3, -0.25) is 9.69 Å². The Morgan fingerprint density at radius 1 is 1.17 bits per heavy atom. The largest absolute Gasteiger partial charge is 0.496 e. The van der Waals surface area contributed by atoms with Crippen LogP contribution in [0.15, 0.2) is 42.5 Å². The van der Waals surface area contributed by atoms with Crippen LogP contribution in [0.25, 0.3) is 0 Å². The van der Waals surface area contributed by atoms with Crippen LogP contribution in [0, 0.1) is 0 Å². The molecule has 2 aliphatic heterocycles. The third-order valence-electron chi connectivity index (χ3n) is 5.63. The van der Waals surface area contributed by atoms with Gasteiger partial charge in [-0.25, -0.2) is 0 Å². The highest BCUT2D eigenvalue weighted by Gasteiger charge is 2.35. The summed E-state index contributed by atoms with van der Waals surface area (Å²) in [6, 6.07) is 13.2. The van der Waals surface area contributed by atoms with Crippen LogP contribution in [0.5, 0.6) is 17.2 Å². The molecular weight excluding hydrogens is 372 g/mol. The van der Waals surface area contributed by atoms with Crippen LogP contribution in [-0.4, -0.2) is 49.5 Å². The number of likely N-dealkylation sites (tertiary alicyclic amines) is 1. The van der Waals surface area contributed by atoms with Gasteiger partial charge in [0.15, 0.2) is 11.5 Å². The van der Waals surface area contributed by atoms with E-state index in [9.17, 15) is 9.90 Å². The number of benzene rings is 2. The minimum absolute atomic E-state index is 0.0376. The van der Waals surface area contributed by atoms with E-state index in [0.717, 1.165) is 16.9 Å². The lowest BCUT2D eigenvalue weighted by Gasteiger charge is -2.38. The summed E-state index contributed by atoms with van der Waals surface area (Å²) in [5, 5.41) is 14.0. The van der Waals surface area contributed by atoms with Crippen molar-refractivity contribution in [1.82, 2.24) is 10.2 Å². The van der Waals surface area contributed by atoms with E-state index in [-0.39, 0.29) is 12.7 Å². The Labute approximate surface area is 170 Å². The van der Waals surface area contributed by atoms with Crippen molar-refractivity contribution in [2.75, 3.05) is 33.5 Å². The van der Waals surface area contributed by atoms with E-state index in [4.69, 9.17) is 14.2 Å². The van der Waals surface area contributed by atoms with Crippen molar-refractivity contribution in [1.29, 1.82) is 0 Å². The highest BCUT2D eigenvalue weighted by Crippen LogP contribution is 2.39. The molecule has 2 heterocycles. The van der Waals surface area contributed by atoms with Crippen molar-refractivity contribution < 1.29 is 24.1 Å². The number of carbonyl (C=O) groups is 1. The number of aliphatic hydroxyl groups is 1. The van der Waals surface area contributed by atoms with Crippen LogP contribution in [0.1, 0.15) is 24.0 Å². The Morgan fingerprint density at radius 2 is 1.93 bits per heavy atom. The SMILES string of the molecule is COc1ccccc1CNC(=O)CN1CCC(O)(c2ccc3c(c2)OCO3)CC1. The molecule has 0 unspecified atom stereocenters. The number of rotatable bonds is 6. The van der Waals surface area contributed by atoms with Gasteiger partial charge in [-0.2, -0.15) is 0 Å². The van der Waals surface area contributed by atoms with Gasteiger partial charge in [-0.05, 0) is 36.6 Å². The molecule has 7 nitrogen and oxygen atoms in total. The summed E-state index contributed by atoms with van der Waals surface area (Å²) < 4.78 is 16.1. The van der Waals surface area contributed by atoms with Crippen molar-refractivity contribution in [3.8, 4) is 17.2 Å². The van der Waals surface area contributed by atoms with Gasteiger partial charge in [0.25, 0.3) is 0 Å². The molecule has 0 bridgehead atoms. The van der Waals surface area contributed by atoms with Crippen LogP contribution < -0.4 is 19.5 Å². The van der Waals surface area contributed by atoms with Gasteiger partial charge in [0.1, 0.15) is 5.75 Å². The number of hydrogen-bond acceptors (Lipinski definition) is 6. The molecule has 7 heteroatoms. The molecule has 2 N–H and O–H groups in total. The van der Waals surface area contributed by atoms with E-state index in [1.165, 1.54) is 0 Å². The second-order valence-corrected chi connectivity index (χ2v) is 7.46. The third kappa shape index (κ3) is 4.31. The Balaban J connectivity index is 1.29. The quantitative estimate of drug-likeness (QED) is 0.775. The molecule has 0 atom stereocenters. The molecule has 1 saturated heterocycles. The summed E-state index contributed by atoms with van der Waals surface area (Å²) in [7, 11) is 1.62. The summed E-state index contributed by atoms with van der Waals surface area (Å²) >= 11 is 0. The second-order valence-electron chi connectivity index (χ2n) is 7.46.